The number of nitrogens with one attached hydrogen (secondary N) is 2. The van der Waals surface area contributed by atoms with Crippen molar-refractivity contribution >= 4 is 35.2 Å². The van der Waals surface area contributed by atoms with Crippen LogP contribution in [0.1, 0.15) is 45.4 Å². The smallest absolute Gasteiger partial charge is 0.331 e. The second kappa shape index (κ2) is 8.12. The fourth-order valence-electron chi connectivity index (χ4n) is 3.52. The molecule has 0 radical (unpaired) electrons. The second-order valence-corrected chi connectivity index (χ2v) is 7.95. The molecule has 1 saturated carbocycles. The van der Waals surface area contributed by atoms with Crippen LogP contribution in [0.2, 0.25) is 0 Å². The van der Waals surface area contributed by atoms with E-state index in [1.54, 1.807) is 6.92 Å². The van der Waals surface area contributed by atoms with Gasteiger partial charge in [0.2, 0.25) is 11.8 Å². The number of ether oxygens (including phenoxy) is 1. The van der Waals surface area contributed by atoms with Crippen LogP contribution >= 0.6 is 11.8 Å². The van der Waals surface area contributed by atoms with Crippen molar-refractivity contribution in [3.05, 3.63) is 24.3 Å². The lowest BCUT2D eigenvalue weighted by Gasteiger charge is -2.36. The van der Waals surface area contributed by atoms with Crippen LogP contribution in [0.5, 0.6) is 0 Å². The molecule has 1 unspecified atom stereocenters. The lowest BCUT2D eigenvalue weighted by molar-refractivity contribution is -0.155. The minimum atomic E-state index is -0.945. The van der Waals surface area contributed by atoms with Gasteiger partial charge >= 0.3 is 5.97 Å². The monoisotopic (exact) mass is 376 g/mol. The molecule has 1 aromatic carbocycles. The topological polar surface area (TPSA) is 84.5 Å². The van der Waals surface area contributed by atoms with Gasteiger partial charge in [-0.3, -0.25) is 9.59 Å². The van der Waals surface area contributed by atoms with Crippen LogP contribution in [0.15, 0.2) is 29.2 Å². The van der Waals surface area contributed by atoms with Crippen molar-refractivity contribution in [1.29, 1.82) is 0 Å². The van der Waals surface area contributed by atoms with Crippen molar-refractivity contribution < 1.29 is 19.1 Å². The summed E-state index contributed by atoms with van der Waals surface area (Å²) in [6.07, 6.45) is 4.02. The quantitative estimate of drug-likeness (QED) is 0.772. The SMILES string of the molecule is CCOC(=O)C1(NC(=O)CC2Sc3ccccc3NC2=O)CCCCC1. The molecule has 1 heterocycles. The molecule has 1 atom stereocenters. The van der Waals surface area contributed by atoms with Crippen molar-refractivity contribution in [3.8, 4) is 0 Å². The van der Waals surface area contributed by atoms with E-state index in [0.717, 1.165) is 29.8 Å². The first-order chi connectivity index (χ1) is 12.5. The number of esters is 1. The molecule has 7 heteroatoms. The van der Waals surface area contributed by atoms with Crippen molar-refractivity contribution in [2.75, 3.05) is 11.9 Å². The summed E-state index contributed by atoms with van der Waals surface area (Å²) in [5.74, 6) is -0.830. The van der Waals surface area contributed by atoms with Gasteiger partial charge in [-0.1, -0.05) is 31.4 Å². The van der Waals surface area contributed by atoms with Gasteiger partial charge in [-0.05, 0) is 31.9 Å². The largest absolute Gasteiger partial charge is 0.464 e. The molecule has 0 spiro atoms. The third kappa shape index (κ3) is 4.03. The summed E-state index contributed by atoms with van der Waals surface area (Å²) in [6.45, 7) is 2.05. The molecule has 0 saturated heterocycles. The van der Waals surface area contributed by atoms with Gasteiger partial charge in [-0.15, -0.1) is 11.8 Å². The highest BCUT2D eigenvalue weighted by Crippen LogP contribution is 2.37. The molecular formula is C19H24N2O4S. The Labute approximate surface area is 157 Å². The normalized spacial score (nSPS) is 21.3. The van der Waals surface area contributed by atoms with E-state index in [2.05, 4.69) is 10.6 Å². The zero-order chi connectivity index (χ0) is 18.6. The van der Waals surface area contributed by atoms with E-state index in [1.807, 2.05) is 24.3 Å². The molecule has 3 rings (SSSR count). The van der Waals surface area contributed by atoms with Gasteiger partial charge in [0, 0.05) is 11.3 Å². The van der Waals surface area contributed by atoms with Gasteiger partial charge in [0.1, 0.15) is 5.54 Å². The maximum atomic E-state index is 12.6. The fourth-order valence-corrected chi connectivity index (χ4v) is 4.63. The van der Waals surface area contributed by atoms with Crippen molar-refractivity contribution in [1.82, 2.24) is 5.32 Å². The highest BCUT2D eigenvalue weighted by atomic mass is 32.2. The first-order valence-electron chi connectivity index (χ1n) is 9.09. The average molecular weight is 376 g/mol. The average Bonchev–Trinajstić information content (AvgIpc) is 2.63. The van der Waals surface area contributed by atoms with Gasteiger partial charge in [-0.2, -0.15) is 0 Å². The summed E-state index contributed by atoms with van der Waals surface area (Å²) < 4.78 is 5.21. The zero-order valence-corrected chi connectivity index (χ0v) is 15.7. The van der Waals surface area contributed by atoms with Crippen LogP contribution in [0.4, 0.5) is 5.69 Å². The lowest BCUT2D eigenvalue weighted by Crippen LogP contribution is -2.57. The number of amides is 2. The molecular weight excluding hydrogens is 352 g/mol. The Bertz CT molecular complexity index is 701. The van der Waals surface area contributed by atoms with Gasteiger partial charge < -0.3 is 15.4 Å². The zero-order valence-electron chi connectivity index (χ0n) is 14.9. The molecule has 1 aromatic rings. The van der Waals surface area contributed by atoms with Crippen LogP contribution in [-0.2, 0) is 19.1 Å². The number of carbonyl (C=O) groups is 3. The van der Waals surface area contributed by atoms with E-state index >= 15 is 0 Å². The van der Waals surface area contributed by atoms with E-state index in [0.29, 0.717) is 12.8 Å². The molecule has 1 aliphatic heterocycles. The van der Waals surface area contributed by atoms with E-state index in [-0.39, 0.29) is 30.8 Å². The Morgan fingerprint density at radius 2 is 2.00 bits per heavy atom. The summed E-state index contributed by atoms with van der Waals surface area (Å²) in [5, 5.41) is 5.24. The van der Waals surface area contributed by atoms with Crippen LogP contribution in [0.25, 0.3) is 0 Å². The first-order valence-corrected chi connectivity index (χ1v) is 9.97. The number of para-hydroxylation sites is 1. The molecule has 1 aliphatic carbocycles. The Morgan fingerprint density at radius 3 is 2.73 bits per heavy atom. The summed E-state index contributed by atoms with van der Waals surface area (Å²) in [5.41, 5.74) is -0.173. The highest BCUT2D eigenvalue weighted by molar-refractivity contribution is 8.01. The van der Waals surface area contributed by atoms with Crippen LogP contribution in [-0.4, -0.2) is 35.2 Å². The summed E-state index contributed by atoms with van der Waals surface area (Å²) >= 11 is 1.38. The molecule has 2 amide bonds. The van der Waals surface area contributed by atoms with Gasteiger partial charge in [0.05, 0.1) is 17.5 Å². The Kier molecular flexibility index (Phi) is 5.86. The minimum absolute atomic E-state index is 0.0337. The minimum Gasteiger partial charge on any atom is -0.464 e. The number of hydrogen-bond acceptors (Lipinski definition) is 5. The molecule has 1 fully saturated rings. The van der Waals surface area contributed by atoms with Crippen LogP contribution in [0, 0.1) is 0 Å². The van der Waals surface area contributed by atoms with E-state index in [9.17, 15) is 14.4 Å². The first kappa shape index (κ1) is 18.8. The summed E-state index contributed by atoms with van der Waals surface area (Å²) in [6, 6.07) is 7.52. The lowest BCUT2D eigenvalue weighted by atomic mass is 9.81. The van der Waals surface area contributed by atoms with Crippen LogP contribution in [0.3, 0.4) is 0 Å². The number of anilines is 1. The maximum Gasteiger partial charge on any atom is 0.331 e. The molecule has 2 N–H and O–H groups in total. The van der Waals surface area contributed by atoms with Crippen LogP contribution < -0.4 is 10.6 Å². The number of hydrogen-bond donors (Lipinski definition) is 2. The molecule has 0 bridgehead atoms. The summed E-state index contributed by atoms with van der Waals surface area (Å²) in [7, 11) is 0. The third-order valence-corrected chi connectivity index (χ3v) is 6.10. The number of thioether (sulfide) groups is 1. The second-order valence-electron chi connectivity index (χ2n) is 6.71. The van der Waals surface area contributed by atoms with Crippen molar-refractivity contribution in [3.63, 3.8) is 0 Å². The van der Waals surface area contributed by atoms with E-state index in [1.165, 1.54) is 11.8 Å². The number of fused-ring (bicyclic) bond motifs is 1. The number of rotatable bonds is 5. The van der Waals surface area contributed by atoms with E-state index < -0.39 is 10.8 Å². The Hall–Kier alpha value is -2.02. The number of benzene rings is 1. The van der Waals surface area contributed by atoms with E-state index in [4.69, 9.17) is 4.74 Å². The number of carbonyl (C=O) groups excluding carboxylic acids is 3. The van der Waals surface area contributed by atoms with Crippen molar-refractivity contribution in [2.45, 2.75) is 61.1 Å². The highest BCUT2D eigenvalue weighted by Gasteiger charge is 2.43. The van der Waals surface area contributed by atoms with Gasteiger partial charge in [0.25, 0.3) is 0 Å². The molecule has 26 heavy (non-hydrogen) atoms. The molecule has 2 aliphatic rings. The molecule has 0 aromatic heterocycles. The van der Waals surface area contributed by atoms with Crippen molar-refractivity contribution in [2.24, 2.45) is 0 Å². The third-order valence-electron chi connectivity index (χ3n) is 4.83. The Balaban J connectivity index is 1.67. The maximum absolute atomic E-state index is 12.6. The van der Waals surface area contributed by atoms with Gasteiger partial charge in [0.15, 0.2) is 0 Å². The standard InChI is InChI=1S/C19H24N2O4S/c1-2-25-18(24)19(10-6-3-7-11-19)21-16(22)12-15-17(23)20-13-8-4-5-9-14(13)26-15/h4-5,8-9,15H,2-3,6-7,10-12H2,1H3,(H,20,23)(H,21,22). The predicted octanol–water partition coefficient (Wildman–Crippen LogP) is 2.87. The predicted molar refractivity (Wildman–Crippen MR) is 99.9 cm³/mol. The summed E-state index contributed by atoms with van der Waals surface area (Å²) in [4.78, 5) is 38.3. The molecule has 140 valence electrons. The molecule has 6 nitrogen and oxygen atoms in total. The fraction of sp³-hybridized carbons (Fsp3) is 0.526. The van der Waals surface area contributed by atoms with Gasteiger partial charge in [-0.25, -0.2) is 4.79 Å². The Morgan fingerprint density at radius 1 is 1.27 bits per heavy atom.